The summed E-state index contributed by atoms with van der Waals surface area (Å²) in [4.78, 5) is 10.9. The molecule has 0 spiro atoms. The number of hydrogen-bond acceptors (Lipinski definition) is 8. The lowest BCUT2D eigenvalue weighted by molar-refractivity contribution is -0.103. The standard InChI is InChI=1S/C23H30F3N5O4S/c1-5-17(33)14-10-27-22(29-20(14)23(24,25)26)31-7-6-30-16-9-18(36(4,34)35)13(11-32)8-15(16)28-21(30)19(31)12(2)3/h8-10,12,17,19,22,29,32-33H,5-7,11H2,1-4H3/t17?,19-,22?/m1/s1. The molecular weight excluding hydrogens is 499 g/mol. The van der Waals surface area contributed by atoms with Gasteiger partial charge in [0.1, 0.15) is 11.5 Å². The smallest absolute Gasteiger partial charge is 0.392 e. The Balaban J connectivity index is 1.78. The van der Waals surface area contributed by atoms with E-state index in [2.05, 4.69) is 10.3 Å². The van der Waals surface area contributed by atoms with Gasteiger partial charge in [-0.3, -0.25) is 9.89 Å². The lowest BCUT2D eigenvalue weighted by Crippen LogP contribution is -2.54. The molecule has 4 rings (SSSR count). The molecule has 0 fully saturated rings. The molecule has 2 aliphatic heterocycles. The van der Waals surface area contributed by atoms with Crippen LogP contribution in [0.5, 0.6) is 0 Å². The van der Waals surface area contributed by atoms with Crippen LogP contribution in [0.3, 0.4) is 0 Å². The summed E-state index contributed by atoms with van der Waals surface area (Å²) in [7, 11) is -3.61. The quantitative estimate of drug-likeness (QED) is 0.526. The third-order valence-electron chi connectivity index (χ3n) is 6.63. The Morgan fingerprint density at radius 1 is 1.25 bits per heavy atom. The minimum absolute atomic E-state index is 0.0178. The van der Waals surface area contributed by atoms with Gasteiger partial charge in [0.05, 0.1) is 34.7 Å². The predicted octanol–water partition coefficient (Wildman–Crippen LogP) is 2.49. The van der Waals surface area contributed by atoms with Crippen molar-refractivity contribution in [1.82, 2.24) is 19.8 Å². The molecule has 3 heterocycles. The number of nitrogens with one attached hydrogen (secondary N) is 1. The highest BCUT2D eigenvalue weighted by Crippen LogP contribution is 2.38. The number of fused-ring (bicyclic) bond motifs is 3. The van der Waals surface area contributed by atoms with E-state index in [0.717, 1.165) is 12.5 Å². The Morgan fingerprint density at radius 2 is 1.94 bits per heavy atom. The summed E-state index contributed by atoms with van der Waals surface area (Å²) in [6, 6.07) is 2.60. The summed E-state index contributed by atoms with van der Waals surface area (Å²) >= 11 is 0. The van der Waals surface area contributed by atoms with Gasteiger partial charge in [-0.1, -0.05) is 20.8 Å². The first-order chi connectivity index (χ1) is 16.8. The summed E-state index contributed by atoms with van der Waals surface area (Å²) in [5.41, 5.74) is 0.00899. The van der Waals surface area contributed by atoms with Crippen LogP contribution in [-0.4, -0.2) is 70.7 Å². The van der Waals surface area contributed by atoms with Crippen molar-refractivity contribution in [2.45, 2.75) is 69.9 Å². The molecule has 9 nitrogen and oxygen atoms in total. The van der Waals surface area contributed by atoms with Crippen molar-refractivity contribution in [3.05, 3.63) is 34.8 Å². The second kappa shape index (κ2) is 9.43. The van der Waals surface area contributed by atoms with Gasteiger partial charge < -0.3 is 20.1 Å². The van der Waals surface area contributed by atoms with E-state index < -0.39 is 46.8 Å². The van der Waals surface area contributed by atoms with E-state index in [9.17, 15) is 31.8 Å². The molecule has 0 radical (unpaired) electrons. The highest BCUT2D eigenvalue weighted by Gasteiger charge is 2.44. The normalized spacial score (nSPS) is 22.3. The molecule has 0 bridgehead atoms. The molecule has 0 saturated carbocycles. The van der Waals surface area contributed by atoms with Crippen molar-refractivity contribution in [2.75, 3.05) is 12.8 Å². The molecule has 0 aliphatic carbocycles. The fraction of sp³-hybridized carbons (Fsp3) is 0.565. The molecule has 3 N–H and O–H groups in total. The van der Waals surface area contributed by atoms with Crippen LogP contribution in [0.25, 0.3) is 11.0 Å². The van der Waals surface area contributed by atoms with Crippen molar-refractivity contribution in [3.63, 3.8) is 0 Å². The van der Waals surface area contributed by atoms with Crippen molar-refractivity contribution >= 4 is 27.1 Å². The molecule has 0 saturated heterocycles. The van der Waals surface area contributed by atoms with Crippen LogP contribution in [0.15, 0.2) is 33.3 Å². The zero-order valence-electron chi connectivity index (χ0n) is 20.4. The number of sulfone groups is 1. The Bertz CT molecular complexity index is 1330. The number of rotatable bonds is 6. The average Bonchev–Trinajstić information content (AvgIpc) is 3.17. The Morgan fingerprint density at radius 3 is 2.50 bits per heavy atom. The van der Waals surface area contributed by atoms with Crippen LogP contribution in [-0.2, 0) is 23.0 Å². The van der Waals surface area contributed by atoms with Crippen LogP contribution in [0.4, 0.5) is 13.2 Å². The fourth-order valence-corrected chi connectivity index (χ4v) is 5.88. The maximum atomic E-state index is 13.9. The number of aromatic nitrogens is 2. The highest BCUT2D eigenvalue weighted by molar-refractivity contribution is 7.90. The largest absolute Gasteiger partial charge is 0.431 e. The predicted molar refractivity (Wildman–Crippen MR) is 128 cm³/mol. The third kappa shape index (κ3) is 4.64. The third-order valence-corrected chi connectivity index (χ3v) is 7.80. The molecule has 198 valence electrons. The number of nitrogens with zero attached hydrogens (tertiary/aromatic N) is 4. The molecule has 36 heavy (non-hydrogen) atoms. The number of allylic oxidation sites excluding steroid dienone is 1. The van der Waals surface area contributed by atoms with Gasteiger partial charge in [0.15, 0.2) is 16.1 Å². The van der Waals surface area contributed by atoms with E-state index in [1.807, 2.05) is 18.4 Å². The van der Waals surface area contributed by atoms with Crippen LogP contribution >= 0.6 is 0 Å². The molecule has 3 atom stereocenters. The number of aliphatic hydroxyl groups excluding tert-OH is 2. The molecule has 2 aromatic rings. The Labute approximate surface area is 207 Å². The van der Waals surface area contributed by atoms with Gasteiger partial charge in [0, 0.05) is 31.1 Å². The number of aliphatic hydroxyl groups is 2. The van der Waals surface area contributed by atoms with Gasteiger partial charge in [-0.15, -0.1) is 0 Å². The summed E-state index contributed by atoms with van der Waals surface area (Å²) in [5, 5.41) is 22.3. The second-order valence-corrected chi connectivity index (χ2v) is 11.5. The van der Waals surface area contributed by atoms with Crippen LogP contribution in [0.1, 0.15) is 44.6 Å². The molecule has 1 aromatic heterocycles. The second-order valence-electron chi connectivity index (χ2n) is 9.48. The van der Waals surface area contributed by atoms with Crippen molar-refractivity contribution in [2.24, 2.45) is 10.9 Å². The van der Waals surface area contributed by atoms with Crippen molar-refractivity contribution < 1.29 is 31.8 Å². The first kappa shape index (κ1) is 26.6. The van der Waals surface area contributed by atoms with E-state index in [1.54, 1.807) is 17.9 Å². The number of halogens is 3. The van der Waals surface area contributed by atoms with Crippen LogP contribution in [0, 0.1) is 5.92 Å². The summed E-state index contributed by atoms with van der Waals surface area (Å²) in [6.07, 6.45) is -4.75. The van der Waals surface area contributed by atoms with E-state index in [4.69, 9.17) is 4.98 Å². The molecule has 1 aromatic carbocycles. The van der Waals surface area contributed by atoms with E-state index in [0.29, 0.717) is 29.9 Å². The monoisotopic (exact) mass is 529 g/mol. The van der Waals surface area contributed by atoms with Gasteiger partial charge in [0.2, 0.25) is 0 Å². The van der Waals surface area contributed by atoms with Gasteiger partial charge in [-0.25, -0.2) is 13.4 Å². The van der Waals surface area contributed by atoms with Crippen molar-refractivity contribution in [1.29, 1.82) is 0 Å². The zero-order valence-corrected chi connectivity index (χ0v) is 21.2. The number of imidazole rings is 1. The molecule has 2 aliphatic rings. The minimum atomic E-state index is -4.70. The zero-order chi connectivity index (χ0) is 26.6. The maximum Gasteiger partial charge on any atom is 0.431 e. The van der Waals surface area contributed by atoms with Gasteiger partial charge in [-0.2, -0.15) is 13.2 Å². The number of alkyl halides is 3. The van der Waals surface area contributed by atoms with Gasteiger partial charge in [0.25, 0.3) is 0 Å². The molecule has 0 amide bonds. The number of aliphatic imine (C=N–C) groups is 1. The fourth-order valence-electron chi connectivity index (χ4n) is 4.95. The topological polar surface area (TPSA) is 120 Å². The average molecular weight is 530 g/mol. The summed E-state index contributed by atoms with van der Waals surface area (Å²) < 4.78 is 68.1. The summed E-state index contributed by atoms with van der Waals surface area (Å²) in [5.74, 6) is 0.500. The van der Waals surface area contributed by atoms with Crippen LogP contribution < -0.4 is 5.32 Å². The SMILES string of the molecule is CCC(O)C1=C(C(F)(F)F)NC(N2CCn3c(nc4cc(CO)c(S(C)(=O)=O)cc43)[C@H]2C(C)C)N=C1. The lowest BCUT2D eigenvalue weighted by Gasteiger charge is -2.43. The molecule has 13 heteroatoms. The minimum Gasteiger partial charge on any atom is -0.392 e. The van der Waals surface area contributed by atoms with Gasteiger partial charge in [-0.05, 0) is 30.0 Å². The van der Waals surface area contributed by atoms with Crippen molar-refractivity contribution in [3.8, 4) is 0 Å². The number of benzene rings is 1. The first-order valence-corrected chi connectivity index (χ1v) is 13.6. The highest BCUT2D eigenvalue weighted by atomic mass is 32.2. The van der Waals surface area contributed by atoms with Gasteiger partial charge >= 0.3 is 6.18 Å². The van der Waals surface area contributed by atoms with E-state index in [-0.39, 0.29) is 28.4 Å². The molecular formula is C23H30F3N5O4S. The molecule has 2 unspecified atom stereocenters. The first-order valence-electron chi connectivity index (χ1n) is 11.7. The maximum absolute atomic E-state index is 13.9. The van der Waals surface area contributed by atoms with Crippen LogP contribution in [0.2, 0.25) is 0 Å². The summed E-state index contributed by atoms with van der Waals surface area (Å²) in [6.45, 7) is 5.63. The Hall–Kier alpha value is -2.48. The van der Waals surface area contributed by atoms with E-state index in [1.165, 1.54) is 6.07 Å². The number of hydrogen-bond donors (Lipinski definition) is 3. The lowest BCUT2D eigenvalue weighted by atomic mass is 9.99. The Kier molecular flexibility index (Phi) is 6.97. The van der Waals surface area contributed by atoms with E-state index >= 15 is 0 Å².